The second-order valence-corrected chi connectivity index (χ2v) is 6.24. The molecule has 0 radical (unpaired) electrons. The maximum absolute atomic E-state index is 11.5. The van der Waals surface area contributed by atoms with Crippen molar-refractivity contribution >= 4 is 34.8 Å². The first-order chi connectivity index (χ1) is 9.04. The molecule has 1 atom stereocenters. The predicted octanol–water partition coefficient (Wildman–Crippen LogP) is 2.08. The number of amides is 1. The van der Waals surface area contributed by atoms with Crippen molar-refractivity contribution in [2.24, 2.45) is 11.7 Å². The standard InChI is InChI=1S/C13H22N4OS.ClH/c1-9-3-5-17(6-4-9)7-11-8-19-13(15-11)16-12(18)10(2)14;/h8-10H,3-7,14H2,1-2H3,(H,15,16,18);1H. The Hall–Kier alpha value is -0.690. The Kier molecular flexibility index (Phi) is 6.88. The lowest BCUT2D eigenvalue weighted by atomic mass is 9.99. The molecule has 20 heavy (non-hydrogen) atoms. The molecule has 1 aromatic heterocycles. The van der Waals surface area contributed by atoms with Crippen LogP contribution in [0.4, 0.5) is 5.13 Å². The molecule has 1 aliphatic heterocycles. The number of aromatic nitrogens is 1. The van der Waals surface area contributed by atoms with Gasteiger partial charge in [-0.2, -0.15) is 0 Å². The summed E-state index contributed by atoms with van der Waals surface area (Å²) in [5.41, 5.74) is 6.54. The molecule has 1 saturated heterocycles. The smallest absolute Gasteiger partial charge is 0.242 e. The van der Waals surface area contributed by atoms with E-state index in [-0.39, 0.29) is 18.3 Å². The molecule has 1 amide bonds. The Morgan fingerprint density at radius 3 is 2.85 bits per heavy atom. The van der Waals surface area contributed by atoms with E-state index in [9.17, 15) is 4.79 Å². The minimum atomic E-state index is -0.504. The molecule has 0 aliphatic carbocycles. The van der Waals surface area contributed by atoms with Gasteiger partial charge in [-0.25, -0.2) is 4.98 Å². The molecule has 0 bridgehead atoms. The summed E-state index contributed by atoms with van der Waals surface area (Å²) in [6, 6.07) is -0.504. The third-order valence-corrected chi connectivity index (χ3v) is 4.26. The summed E-state index contributed by atoms with van der Waals surface area (Å²) >= 11 is 1.46. The van der Waals surface area contributed by atoms with Gasteiger partial charge in [0.15, 0.2) is 5.13 Å². The number of nitrogens with two attached hydrogens (primary N) is 1. The summed E-state index contributed by atoms with van der Waals surface area (Å²) in [5.74, 6) is 0.653. The number of likely N-dealkylation sites (tertiary alicyclic amines) is 1. The molecule has 7 heteroatoms. The van der Waals surface area contributed by atoms with Crippen LogP contribution in [0.1, 0.15) is 32.4 Å². The molecule has 0 saturated carbocycles. The number of thiazole rings is 1. The third kappa shape index (κ3) is 5.01. The molecule has 114 valence electrons. The summed E-state index contributed by atoms with van der Waals surface area (Å²) in [5, 5.41) is 5.38. The molecule has 0 aromatic carbocycles. The Balaban J connectivity index is 0.00000200. The average molecular weight is 319 g/mol. The highest BCUT2D eigenvalue weighted by molar-refractivity contribution is 7.13. The van der Waals surface area contributed by atoms with Gasteiger partial charge in [-0.15, -0.1) is 23.7 Å². The number of nitrogens with one attached hydrogen (secondary N) is 1. The number of anilines is 1. The third-order valence-electron chi connectivity index (χ3n) is 3.46. The van der Waals surface area contributed by atoms with Gasteiger partial charge in [0.1, 0.15) is 0 Å². The Bertz CT molecular complexity index is 430. The SMILES string of the molecule is CC1CCN(Cc2csc(NC(=O)C(C)N)n2)CC1.Cl. The van der Waals surface area contributed by atoms with E-state index in [1.165, 1.54) is 24.2 Å². The Morgan fingerprint density at radius 1 is 1.60 bits per heavy atom. The van der Waals surface area contributed by atoms with E-state index in [4.69, 9.17) is 5.73 Å². The number of carbonyl (C=O) groups excluding carboxylic acids is 1. The highest BCUT2D eigenvalue weighted by Gasteiger charge is 2.17. The van der Waals surface area contributed by atoms with Crippen molar-refractivity contribution in [3.05, 3.63) is 11.1 Å². The van der Waals surface area contributed by atoms with Gasteiger partial charge in [-0.1, -0.05) is 6.92 Å². The Morgan fingerprint density at radius 2 is 2.25 bits per heavy atom. The van der Waals surface area contributed by atoms with Crippen molar-refractivity contribution in [1.29, 1.82) is 0 Å². The van der Waals surface area contributed by atoms with Crippen molar-refractivity contribution in [3.63, 3.8) is 0 Å². The highest BCUT2D eigenvalue weighted by Crippen LogP contribution is 2.20. The lowest BCUT2D eigenvalue weighted by Crippen LogP contribution is -2.33. The topological polar surface area (TPSA) is 71.2 Å². The molecule has 1 unspecified atom stereocenters. The van der Waals surface area contributed by atoms with E-state index < -0.39 is 6.04 Å². The van der Waals surface area contributed by atoms with Crippen molar-refractivity contribution in [1.82, 2.24) is 9.88 Å². The maximum atomic E-state index is 11.5. The van der Waals surface area contributed by atoms with Gasteiger partial charge < -0.3 is 11.1 Å². The fraction of sp³-hybridized carbons (Fsp3) is 0.692. The van der Waals surface area contributed by atoms with Crippen LogP contribution in [0.2, 0.25) is 0 Å². The van der Waals surface area contributed by atoms with Crippen molar-refractivity contribution in [3.8, 4) is 0 Å². The van der Waals surface area contributed by atoms with E-state index in [2.05, 4.69) is 22.1 Å². The van der Waals surface area contributed by atoms with Crippen LogP contribution >= 0.6 is 23.7 Å². The van der Waals surface area contributed by atoms with Gasteiger partial charge in [0, 0.05) is 11.9 Å². The monoisotopic (exact) mass is 318 g/mol. The normalized spacial score (nSPS) is 18.4. The summed E-state index contributed by atoms with van der Waals surface area (Å²) in [7, 11) is 0. The van der Waals surface area contributed by atoms with Crippen molar-refractivity contribution in [2.75, 3.05) is 18.4 Å². The second-order valence-electron chi connectivity index (χ2n) is 5.38. The molecule has 3 N–H and O–H groups in total. The molecule has 2 heterocycles. The van der Waals surface area contributed by atoms with Gasteiger partial charge in [-0.3, -0.25) is 9.69 Å². The molecule has 1 aromatic rings. The van der Waals surface area contributed by atoms with Gasteiger partial charge in [0.2, 0.25) is 5.91 Å². The Labute approximate surface area is 130 Å². The van der Waals surface area contributed by atoms with Crippen molar-refractivity contribution in [2.45, 2.75) is 39.3 Å². The van der Waals surface area contributed by atoms with Crippen molar-refractivity contribution < 1.29 is 4.79 Å². The lowest BCUT2D eigenvalue weighted by molar-refractivity contribution is -0.117. The summed E-state index contributed by atoms with van der Waals surface area (Å²) < 4.78 is 0. The molecule has 0 spiro atoms. The first kappa shape index (κ1) is 17.4. The number of hydrogen-bond donors (Lipinski definition) is 2. The zero-order valence-corrected chi connectivity index (χ0v) is 13.6. The molecule has 1 fully saturated rings. The van der Waals surface area contributed by atoms with Gasteiger partial charge in [0.05, 0.1) is 11.7 Å². The van der Waals surface area contributed by atoms with Crippen LogP contribution in [0.3, 0.4) is 0 Å². The highest BCUT2D eigenvalue weighted by atomic mass is 35.5. The number of halogens is 1. The molecule has 1 aliphatic rings. The predicted molar refractivity (Wildman–Crippen MR) is 85.3 cm³/mol. The molecular formula is C13H23ClN4OS. The average Bonchev–Trinajstić information content (AvgIpc) is 2.79. The zero-order chi connectivity index (χ0) is 13.8. The van der Waals surface area contributed by atoms with Crippen LogP contribution < -0.4 is 11.1 Å². The van der Waals surface area contributed by atoms with Gasteiger partial charge in [-0.05, 0) is 38.8 Å². The van der Waals surface area contributed by atoms with Crippen LogP contribution in [0, 0.1) is 5.92 Å². The number of nitrogens with zero attached hydrogens (tertiary/aromatic N) is 2. The summed E-state index contributed by atoms with van der Waals surface area (Å²) in [6.07, 6.45) is 2.52. The first-order valence-electron chi connectivity index (χ1n) is 6.78. The number of piperidine rings is 1. The number of hydrogen-bond acceptors (Lipinski definition) is 5. The first-order valence-corrected chi connectivity index (χ1v) is 7.65. The quantitative estimate of drug-likeness (QED) is 0.891. The minimum Gasteiger partial charge on any atom is -0.320 e. The molecule has 5 nitrogen and oxygen atoms in total. The van der Waals surface area contributed by atoms with Gasteiger partial charge >= 0.3 is 0 Å². The largest absolute Gasteiger partial charge is 0.320 e. The van der Waals surface area contributed by atoms with E-state index in [1.54, 1.807) is 6.92 Å². The molecule has 2 rings (SSSR count). The van der Waals surface area contributed by atoms with Crippen LogP contribution in [-0.2, 0) is 11.3 Å². The van der Waals surface area contributed by atoms with E-state index in [0.29, 0.717) is 5.13 Å². The van der Waals surface area contributed by atoms with E-state index in [0.717, 1.165) is 31.2 Å². The lowest BCUT2D eigenvalue weighted by Gasteiger charge is -2.29. The number of carbonyl (C=O) groups is 1. The van der Waals surface area contributed by atoms with Crippen LogP contribution in [0.25, 0.3) is 0 Å². The fourth-order valence-electron chi connectivity index (χ4n) is 2.11. The van der Waals surface area contributed by atoms with E-state index in [1.807, 2.05) is 5.38 Å². The van der Waals surface area contributed by atoms with Crippen LogP contribution in [0.5, 0.6) is 0 Å². The second kappa shape index (κ2) is 7.93. The van der Waals surface area contributed by atoms with E-state index >= 15 is 0 Å². The number of rotatable bonds is 4. The molecular weight excluding hydrogens is 296 g/mol. The summed E-state index contributed by atoms with van der Waals surface area (Å²) in [4.78, 5) is 18.3. The van der Waals surface area contributed by atoms with Crippen LogP contribution in [0.15, 0.2) is 5.38 Å². The summed E-state index contributed by atoms with van der Waals surface area (Å²) in [6.45, 7) is 7.12. The fourth-order valence-corrected chi connectivity index (χ4v) is 2.81. The zero-order valence-electron chi connectivity index (χ0n) is 12.0. The van der Waals surface area contributed by atoms with Gasteiger partial charge in [0.25, 0.3) is 0 Å². The van der Waals surface area contributed by atoms with Crippen LogP contribution in [-0.4, -0.2) is 34.9 Å². The minimum absolute atomic E-state index is 0. The maximum Gasteiger partial charge on any atom is 0.242 e.